The molecule has 2 N–H and O–H groups in total. The van der Waals surface area contributed by atoms with E-state index in [-0.39, 0.29) is 24.5 Å². The van der Waals surface area contributed by atoms with Crippen LogP contribution in [-0.2, 0) is 11.3 Å². The molecule has 170 valence electrons. The Morgan fingerprint density at radius 1 is 1.27 bits per heavy atom. The molecule has 0 radical (unpaired) electrons. The Balaban J connectivity index is 1.90. The molecule has 9 heteroatoms. The Kier molecular flexibility index (Phi) is 10.1. The average Bonchev–Trinajstić information content (AvgIpc) is 2.69. The maximum absolute atomic E-state index is 12.7. The molecule has 1 saturated heterocycles. The van der Waals surface area contributed by atoms with E-state index in [1.807, 2.05) is 6.92 Å². The van der Waals surface area contributed by atoms with E-state index in [9.17, 15) is 8.78 Å². The monoisotopic (exact) mass is 428 g/mol. The number of morpholine rings is 1. The van der Waals surface area contributed by atoms with Gasteiger partial charge in [0.05, 0.1) is 25.9 Å². The van der Waals surface area contributed by atoms with Gasteiger partial charge < -0.3 is 24.8 Å². The highest BCUT2D eigenvalue weighted by Gasteiger charge is 2.21. The number of alkyl halides is 2. The molecule has 0 saturated carbocycles. The summed E-state index contributed by atoms with van der Waals surface area (Å²) in [5.41, 5.74) is 0.531. The molecule has 2 unspecified atom stereocenters. The number of benzene rings is 1. The van der Waals surface area contributed by atoms with Gasteiger partial charge in [-0.05, 0) is 45.4 Å². The number of guanidine groups is 1. The van der Waals surface area contributed by atoms with Crippen LogP contribution in [0, 0.1) is 0 Å². The van der Waals surface area contributed by atoms with Crippen molar-refractivity contribution in [3.8, 4) is 11.5 Å². The third-order valence-corrected chi connectivity index (χ3v) is 4.67. The summed E-state index contributed by atoms with van der Waals surface area (Å²) < 4.78 is 40.9. The summed E-state index contributed by atoms with van der Waals surface area (Å²) >= 11 is 0. The minimum absolute atomic E-state index is 0.0981. The summed E-state index contributed by atoms with van der Waals surface area (Å²) in [6.07, 6.45) is 1.48. The summed E-state index contributed by atoms with van der Waals surface area (Å²) in [6, 6.07) is 4.72. The SMILES string of the molecule is CCNC(=NCc1cc(OC)ccc1OC(F)F)NCCCN1CC(C)OC(C)C1. The molecule has 2 atom stereocenters. The van der Waals surface area contributed by atoms with Crippen molar-refractivity contribution in [3.63, 3.8) is 0 Å². The van der Waals surface area contributed by atoms with E-state index in [0.29, 0.717) is 23.8 Å². The largest absolute Gasteiger partial charge is 0.497 e. The van der Waals surface area contributed by atoms with Gasteiger partial charge in [0.15, 0.2) is 5.96 Å². The number of hydrogen-bond donors (Lipinski definition) is 2. The van der Waals surface area contributed by atoms with Crippen LogP contribution in [-0.4, -0.2) is 69.5 Å². The van der Waals surface area contributed by atoms with Crippen molar-refractivity contribution in [2.45, 2.75) is 52.6 Å². The highest BCUT2D eigenvalue weighted by atomic mass is 19.3. The number of nitrogens with zero attached hydrogens (tertiary/aromatic N) is 2. The Bertz CT molecular complexity index is 666. The van der Waals surface area contributed by atoms with Crippen molar-refractivity contribution in [1.82, 2.24) is 15.5 Å². The minimum Gasteiger partial charge on any atom is -0.497 e. The summed E-state index contributed by atoms with van der Waals surface area (Å²) in [4.78, 5) is 6.93. The molecule has 30 heavy (non-hydrogen) atoms. The zero-order valence-corrected chi connectivity index (χ0v) is 18.3. The fourth-order valence-electron chi connectivity index (χ4n) is 3.50. The molecule has 2 rings (SSSR count). The van der Waals surface area contributed by atoms with Crippen LogP contribution in [0.3, 0.4) is 0 Å². The van der Waals surface area contributed by atoms with Gasteiger partial charge in [0.2, 0.25) is 0 Å². The van der Waals surface area contributed by atoms with Gasteiger partial charge in [-0.3, -0.25) is 4.90 Å². The standard InChI is InChI=1S/C21H34F2N4O3/c1-5-24-21(25-9-6-10-27-13-15(2)29-16(3)14-27)26-12-17-11-18(28-4)7-8-19(17)30-20(22)23/h7-8,11,15-16,20H,5-6,9-10,12-14H2,1-4H3,(H2,24,25,26). The van der Waals surface area contributed by atoms with Crippen molar-refractivity contribution < 1.29 is 23.0 Å². The molecule has 7 nitrogen and oxygen atoms in total. The average molecular weight is 429 g/mol. The number of hydrogen-bond acceptors (Lipinski definition) is 5. The summed E-state index contributed by atoms with van der Waals surface area (Å²) in [5.74, 6) is 1.29. The van der Waals surface area contributed by atoms with Crippen LogP contribution < -0.4 is 20.1 Å². The van der Waals surface area contributed by atoms with Crippen molar-refractivity contribution in [3.05, 3.63) is 23.8 Å². The van der Waals surface area contributed by atoms with Gasteiger partial charge in [0.25, 0.3) is 0 Å². The van der Waals surface area contributed by atoms with Crippen LogP contribution in [0.2, 0.25) is 0 Å². The predicted octanol–water partition coefficient (Wildman–Crippen LogP) is 2.85. The van der Waals surface area contributed by atoms with Crippen LogP contribution >= 0.6 is 0 Å². The molecular formula is C21H34F2N4O3. The lowest BCUT2D eigenvalue weighted by Crippen LogP contribution is -2.46. The molecule has 0 bridgehead atoms. The second-order valence-electron chi connectivity index (χ2n) is 7.34. The van der Waals surface area contributed by atoms with Crippen LogP contribution in [0.5, 0.6) is 11.5 Å². The van der Waals surface area contributed by atoms with E-state index in [0.717, 1.165) is 32.6 Å². The second kappa shape index (κ2) is 12.5. The molecule has 0 aliphatic carbocycles. The molecule has 0 aromatic heterocycles. The van der Waals surface area contributed by atoms with Gasteiger partial charge in [-0.25, -0.2) is 4.99 Å². The maximum Gasteiger partial charge on any atom is 0.387 e. The maximum atomic E-state index is 12.7. The molecular weight excluding hydrogens is 394 g/mol. The van der Waals surface area contributed by atoms with Crippen molar-refractivity contribution >= 4 is 5.96 Å². The smallest absolute Gasteiger partial charge is 0.387 e. The van der Waals surface area contributed by atoms with Gasteiger partial charge in [0.1, 0.15) is 11.5 Å². The number of aliphatic imine (C=N–C) groups is 1. The lowest BCUT2D eigenvalue weighted by atomic mass is 10.2. The normalized spacial score (nSPS) is 20.3. The predicted molar refractivity (Wildman–Crippen MR) is 114 cm³/mol. The third kappa shape index (κ3) is 8.31. The Morgan fingerprint density at radius 3 is 2.63 bits per heavy atom. The van der Waals surface area contributed by atoms with Crippen LogP contribution in [0.25, 0.3) is 0 Å². The van der Waals surface area contributed by atoms with E-state index >= 15 is 0 Å². The van der Waals surface area contributed by atoms with E-state index in [1.165, 1.54) is 13.2 Å². The van der Waals surface area contributed by atoms with Crippen LogP contribution in [0.4, 0.5) is 8.78 Å². The number of ether oxygens (including phenoxy) is 3. The first-order valence-corrected chi connectivity index (χ1v) is 10.4. The number of methoxy groups -OCH3 is 1. The minimum atomic E-state index is -2.89. The molecule has 1 aliphatic heterocycles. The Morgan fingerprint density at radius 2 is 2.00 bits per heavy atom. The zero-order chi connectivity index (χ0) is 21.9. The molecule has 1 fully saturated rings. The van der Waals surface area contributed by atoms with Gasteiger partial charge >= 0.3 is 6.61 Å². The molecule has 0 spiro atoms. The first-order chi connectivity index (χ1) is 14.4. The highest BCUT2D eigenvalue weighted by Crippen LogP contribution is 2.26. The quantitative estimate of drug-likeness (QED) is 0.339. The molecule has 1 aromatic rings. The highest BCUT2D eigenvalue weighted by molar-refractivity contribution is 5.79. The topological polar surface area (TPSA) is 67.4 Å². The summed E-state index contributed by atoms with van der Waals surface area (Å²) in [7, 11) is 1.53. The first kappa shape index (κ1) is 24.1. The fraction of sp³-hybridized carbons (Fsp3) is 0.667. The summed E-state index contributed by atoms with van der Waals surface area (Å²) in [6.45, 7) is 7.79. The van der Waals surface area contributed by atoms with Crippen molar-refractivity contribution in [2.75, 3.05) is 39.8 Å². The van der Waals surface area contributed by atoms with Gasteiger partial charge in [0, 0.05) is 38.3 Å². The Labute approximate surface area is 177 Å². The first-order valence-electron chi connectivity index (χ1n) is 10.4. The molecule has 0 amide bonds. The third-order valence-electron chi connectivity index (χ3n) is 4.67. The molecule has 1 aliphatic rings. The van der Waals surface area contributed by atoms with E-state index in [1.54, 1.807) is 12.1 Å². The lowest BCUT2D eigenvalue weighted by molar-refractivity contribution is -0.0679. The number of nitrogens with one attached hydrogen (secondary N) is 2. The summed E-state index contributed by atoms with van der Waals surface area (Å²) in [5, 5.41) is 6.48. The molecule has 1 heterocycles. The molecule has 1 aromatic carbocycles. The van der Waals surface area contributed by atoms with Crippen LogP contribution in [0.15, 0.2) is 23.2 Å². The number of halogens is 2. The van der Waals surface area contributed by atoms with E-state index < -0.39 is 6.61 Å². The lowest BCUT2D eigenvalue weighted by Gasteiger charge is -2.35. The van der Waals surface area contributed by atoms with Crippen molar-refractivity contribution in [1.29, 1.82) is 0 Å². The van der Waals surface area contributed by atoms with Gasteiger partial charge in [-0.15, -0.1) is 0 Å². The van der Waals surface area contributed by atoms with Crippen LogP contribution in [0.1, 0.15) is 32.8 Å². The van der Waals surface area contributed by atoms with Gasteiger partial charge in [-0.2, -0.15) is 8.78 Å². The van der Waals surface area contributed by atoms with E-state index in [2.05, 4.69) is 39.1 Å². The fourth-order valence-corrected chi connectivity index (χ4v) is 3.50. The Hall–Kier alpha value is -2.13. The number of rotatable bonds is 10. The van der Waals surface area contributed by atoms with Crippen molar-refractivity contribution in [2.24, 2.45) is 4.99 Å². The van der Waals surface area contributed by atoms with E-state index in [4.69, 9.17) is 9.47 Å². The second-order valence-corrected chi connectivity index (χ2v) is 7.34. The zero-order valence-electron chi connectivity index (χ0n) is 18.3. The van der Waals surface area contributed by atoms with Gasteiger partial charge in [-0.1, -0.05) is 0 Å².